The van der Waals surface area contributed by atoms with Gasteiger partial charge in [0.15, 0.2) is 5.78 Å². The molecule has 0 spiro atoms. The van der Waals surface area contributed by atoms with Crippen LogP contribution < -0.4 is 4.74 Å². The monoisotopic (exact) mass is 350 g/mol. The summed E-state index contributed by atoms with van der Waals surface area (Å²) in [5, 5.41) is 4.43. The van der Waals surface area contributed by atoms with E-state index in [0.717, 1.165) is 27.2 Å². The molecule has 0 radical (unpaired) electrons. The third-order valence-electron chi connectivity index (χ3n) is 3.35. The Kier molecular flexibility index (Phi) is 5.17. The van der Waals surface area contributed by atoms with Gasteiger partial charge in [-0.1, -0.05) is 28.9 Å². The molecule has 0 amide bonds. The third-order valence-corrected chi connectivity index (χ3v) is 3.84. The second-order valence-corrected chi connectivity index (χ2v) is 5.77. The Bertz CT molecular complexity index is 650. The molecular formula is C16H19BrN2O2. The van der Waals surface area contributed by atoms with Crippen molar-refractivity contribution in [2.24, 2.45) is 0 Å². The minimum absolute atomic E-state index is 0.143. The predicted molar refractivity (Wildman–Crippen MR) is 86.0 cm³/mol. The van der Waals surface area contributed by atoms with Gasteiger partial charge in [-0.15, -0.1) is 0 Å². The molecule has 0 bridgehead atoms. The number of hydrogen-bond donors (Lipinski definition) is 0. The van der Waals surface area contributed by atoms with E-state index >= 15 is 0 Å². The standard InChI is InChI=1S/C16H19BrN2O2/c1-4-15(20)16-11(2)18-19(12(16)3)8-9-21-14-7-5-6-13(17)10-14/h5-7,10H,4,8-9H2,1-3H3. The van der Waals surface area contributed by atoms with Gasteiger partial charge >= 0.3 is 0 Å². The Labute approximate surface area is 133 Å². The number of Topliss-reactive ketones (excluding diaryl/α,β-unsaturated/α-hetero) is 1. The van der Waals surface area contributed by atoms with E-state index in [1.165, 1.54) is 0 Å². The number of rotatable bonds is 6. The van der Waals surface area contributed by atoms with Gasteiger partial charge in [-0.05, 0) is 32.0 Å². The summed E-state index contributed by atoms with van der Waals surface area (Å²) in [5.74, 6) is 0.958. The molecule has 0 aliphatic heterocycles. The first-order valence-corrected chi connectivity index (χ1v) is 7.77. The fraction of sp³-hybridized carbons (Fsp3) is 0.375. The Morgan fingerprint density at radius 1 is 1.38 bits per heavy atom. The van der Waals surface area contributed by atoms with Crippen LogP contribution in [0, 0.1) is 13.8 Å². The van der Waals surface area contributed by atoms with Gasteiger partial charge < -0.3 is 4.74 Å². The summed E-state index contributed by atoms with van der Waals surface area (Å²) in [6.45, 7) is 6.81. The van der Waals surface area contributed by atoms with Crippen LogP contribution in [0.25, 0.3) is 0 Å². The first-order valence-electron chi connectivity index (χ1n) is 6.98. The highest BCUT2D eigenvalue weighted by Crippen LogP contribution is 2.18. The lowest BCUT2D eigenvalue weighted by molar-refractivity contribution is 0.0987. The van der Waals surface area contributed by atoms with E-state index in [1.54, 1.807) is 0 Å². The van der Waals surface area contributed by atoms with Crippen molar-refractivity contribution in [2.75, 3.05) is 6.61 Å². The number of aryl methyl sites for hydroxylation is 1. The molecule has 0 saturated heterocycles. The highest BCUT2D eigenvalue weighted by atomic mass is 79.9. The highest BCUT2D eigenvalue weighted by molar-refractivity contribution is 9.10. The molecule has 2 aromatic rings. The summed E-state index contributed by atoms with van der Waals surface area (Å²) in [6.07, 6.45) is 0.502. The number of benzene rings is 1. The zero-order valence-electron chi connectivity index (χ0n) is 12.5. The summed E-state index contributed by atoms with van der Waals surface area (Å²) >= 11 is 3.41. The van der Waals surface area contributed by atoms with Crippen molar-refractivity contribution in [1.82, 2.24) is 9.78 Å². The van der Waals surface area contributed by atoms with Crippen LogP contribution in [0.15, 0.2) is 28.7 Å². The molecule has 0 N–H and O–H groups in total. The molecule has 1 aromatic carbocycles. The van der Waals surface area contributed by atoms with Crippen molar-refractivity contribution in [3.05, 3.63) is 45.7 Å². The van der Waals surface area contributed by atoms with Crippen LogP contribution >= 0.6 is 15.9 Å². The molecule has 0 saturated carbocycles. The predicted octanol–water partition coefficient (Wildman–Crippen LogP) is 3.93. The quantitative estimate of drug-likeness (QED) is 0.741. The number of ether oxygens (including phenoxy) is 1. The number of nitrogens with zero attached hydrogens (tertiary/aromatic N) is 2. The second-order valence-electron chi connectivity index (χ2n) is 4.85. The molecule has 4 nitrogen and oxygen atoms in total. The van der Waals surface area contributed by atoms with Crippen LogP contribution in [-0.2, 0) is 6.54 Å². The minimum atomic E-state index is 0.143. The summed E-state index contributed by atoms with van der Waals surface area (Å²) in [6, 6.07) is 7.72. The molecule has 0 fully saturated rings. The molecule has 0 aliphatic carbocycles. The van der Waals surface area contributed by atoms with E-state index in [2.05, 4.69) is 21.0 Å². The van der Waals surface area contributed by atoms with Crippen LogP contribution in [0.1, 0.15) is 35.1 Å². The maximum Gasteiger partial charge on any atom is 0.166 e. The number of aromatic nitrogens is 2. The maximum absolute atomic E-state index is 11.9. The van der Waals surface area contributed by atoms with Gasteiger partial charge in [0.05, 0.1) is 17.8 Å². The van der Waals surface area contributed by atoms with Crippen molar-refractivity contribution in [1.29, 1.82) is 0 Å². The topological polar surface area (TPSA) is 44.1 Å². The van der Waals surface area contributed by atoms with Crippen molar-refractivity contribution < 1.29 is 9.53 Å². The number of hydrogen-bond acceptors (Lipinski definition) is 3. The summed E-state index contributed by atoms with van der Waals surface area (Å²) < 4.78 is 8.54. The van der Waals surface area contributed by atoms with E-state index < -0.39 is 0 Å². The normalized spacial score (nSPS) is 10.7. The number of carbonyl (C=O) groups is 1. The van der Waals surface area contributed by atoms with E-state index in [1.807, 2.05) is 49.7 Å². The van der Waals surface area contributed by atoms with Crippen LogP contribution in [0.4, 0.5) is 0 Å². The van der Waals surface area contributed by atoms with Crippen LogP contribution in [0.2, 0.25) is 0 Å². The van der Waals surface area contributed by atoms with Crippen molar-refractivity contribution in [2.45, 2.75) is 33.7 Å². The first-order chi connectivity index (χ1) is 10.0. The lowest BCUT2D eigenvalue weighted by atomic mass is 10.1. The molecule has 1 aromatic heterocycles. The van der Waals surface area contributed by atoms with Gasteiger partial charge in [-0.2, -0.15) is 5.10 Å². The Morgan fingerprint density at radius 2 is 2.14 bits per heavy atom. The number of halogens is 1. The SMILES string of the molecule is CCC(=O)c1c(C)nn(CCOc2cccc(Br)c2)c1C. The molecular weight excluding hydrogens is 332 g/mol. The molecule has 0 atom stereocenters. The van der Waals surface area contributed by atoms with Gasteiger partial charge in [-0.3, -0.25) is 9.48 Å². The smallest absolute Gasteiger partial charge is 0.166 e. The molecule has 1 heterocycles. The van der Waals surface area contributed by atoms with Gasteiger partial charge in [0, 0.05) is 16.6 Å². The largest absolute Gasteiger partial charge is 0.492 e. The average molecular weight is 351 g/mol. The molecule has 21 heavy (non-hydrogen) atoms. The Morgan fingerprint density at radius 3 is 2.81 bits per heavy atom. The first kappa shape index (κ1) is 15.8. The second kappa shape index (κ2) is 6.89. The van der Waals surface area contributed by atoms with Gasteiger partial charge in [0.25, 0.3) is 0 Å². The molecule has 2 rings (SSSR count). The molecule has 5 heteroatoms. The number of carbonyl (C=O) groups excluding carboxylic acids is 1. The fourth-order valence-electron chi connectivity index (χ4n) is 2.30. The average Bonchev–Trinajstić information content (AvgIpc) is 2.73. The molecule has 0 aliphatic rings. The van der Waals surface area contributed by atoms with Crippen LogP contribution in [0.3, 0.4) is 0 Å². The van der Waals surface area contributed by atoms with E-state index in [-0.39, 0.29) is 5.78 Å². The Hall–Kier alpha value is -1.62. The summed E-state index contributed by atoms with van der Waals surface area (Å²) in [7, 11) is 0. The zero-order valence-corrected chi connectivity index (χ0v) is 14.1. The van der Waals surface area contributed by atoms with Crippen LogP contribution in [0.5, 0.6) is 5.75 Å². The van der Waals surface area contributed by atoms with Crippen molar-refractivity contribution in [3.8, 4) is 5.75 Å². The summed E-state index contributed by atoms with van der Waals surface area (Å²) in [4.78, 5) is 11.9. The third kappa shape index (κ3) is 3.73. The maximum atomic E-state index is 11.9. The van der Waals surface area contributed by atoms with Gasteiger partial charge in [-0.25, -0.2) is 0 Å². The lowest BCUT2D eigenvalue weighted by Crippen LogP contribution is -2.11. The minimum Gasteiger partial charge on any atom is -0.492 e. The van der Waals surface area contributed by atoms with E-state index in [9.17, 15) is 4.79 Å². The van der Waals surface area contributed by atoms with Gasteiger partial charge in [0.1, 0.15) is 12.4 Å². The van der Waals surface area contributed by atoms with Crippen molar-refractivity contribution in [3.63, 3.8) is 0 Å². The van der Waals surface area contributed by atoms with E-state index in [0.29, 0.717) is 19.6 Å². The zero-order chi connectivity index (χ0) is 15.4. The fourth-order valence-corrected chi connectivity index (χ4v) is 2.68. The molecule has 0 unspecified atom stereocenters. The van der Waals surface area contributed by atoms with Gasteiger partial charge in [0.2, 0.25) is 0 Å². The highest BCUT2D eigenvalue weighted by Gasteiger charge is 2.16. The molecule has 112 valence electrons. The summed E-state index contributed by atoms with van der Waals surface area (Å²) in [5.41, 5.74) is 2.46. The van der Waals surface area contributed by atoms with Crippen LogP contribution in [-0.4, -0.2) is 22.2 Å². The number of ketones is 1. The Balaban J connectivity index is 2.02. The van der Waals surface area contributed by atoms with Crippen molar-refractivity contribution >= 4 is 21.7 Å². The van der Waals surface area contributed by atoms with E-state index in [4.69, 9.17) is 4.74 Å². The lowest BCUT2D eigenvalue weighted by Gasteiger charge is -2.08.